The predicted octanol–water partition coefficient (Wildman–Crippen LogP) is 6.69. The van der Waals surface area contributed by atoms with Crippen LogP contribution in [0.15, 0.2) is 72.8 Å². The van der Waals surface area contributed by atoms with Gasteiger partial charge in [0.15, 0.2) is 6.61 Å². The molecule has 5 aliphatic rings. The molecule has 11 heteroatoms. The molecule has 1 saturated heterocycles. The maximum Gasteiger partial charge on any atom is 0.416 e. The molecule has 50 heavy (non-hydrogen) atoms. The Hall–Kier alpha value is -4.38. The molecule has 5 fully saturated rings. The lowest BCUT2D eigenvalue weighted by atomic mass is 9.42. The highest BCUT2D eigenvalue weighted by molar-refractivity contribution is 5.95. The van der Waals surface area contributed by atoms with Crippen LogP contribution in [-0.4, -0.2) is 67.5 Å². The highest BCUT2D eigenvalue weighted by Gasteiger charge is 2.61. The van der Waals surface area contributed by atoms with Crippen LogP contribution in [0.4, 0.5) is 18.9 Å². The lowest BCUT2D eigenvalue weighted by Gasteiger charge is -2.62. The number of methoxy groups -OCH3 is 1. The number of hydrogen-bond donors (Lipinski definition) is 1. The van der Waals surface area contributed by atoms with E-state index in [1.54, 1.807) is 36.4 Å². The van der Waals surface area contributed by atoms with Gasteiger partial charge in [0.1, 0.15) is 5.75 Å². The quantitative estimate of drug-likeness (QED) is 0.252. The molecule has 4 saturated carbocycles. The molecule has 0 radical (unpaired) electrons. The fraction of sp³-hybridized carbons (Fsp3) is 0.462. The number of benzene rings is 3. The molecule has 1 N–H and O–H groups in total. The summed E-state index contributed by atoms with van der Waals surface area (Å²) in [5.74, 6) is 1.04. The average Bonchev–Trinajstić information content (AvgIpc) is 3.10. The smallest absolute Gasteiger partial charge is 0.416 e. The summed E-state index contributed by atoms with van der Waals surface area (Å²) in [7, 11) is 1.30. The Balaban J connectivity index is 0.955. The Bertz CT molecular complexity index is 1720. The number of esters is 1. The normalized spacial score (nSPS) is 26.0. The van der Waals surface area contributed by atoms with Crippen molar-refractivity contribution in [1.82, 2.24) is 9.80 Å². The van der Waals surface area contributed by atoms with Crippen LogP contribution in [0.25, 0.3) is 0 Å². The summed E-state index contributed by atoms with van der Waals surface area (Å²) in [6.45, 7) is 3.01. The minimum atomic E-state index is -4.34. The van der Waals surface area contributed by atoms with Gasteiger partial charge in [-0.25, -0.2) is 4.79 Å². The second kappa shape index (κ2) is 13.4. The Morgan fingerprint density at radius 1 is 0.880 bits per heavy atom. The van der Waals surface area contributed by atoms with Crippen LogP contribution in [0.1, 0.15) is 65.6 Å². The van der Waals surface area contributed by atoms with Crippen molar-refractivity contribution in [1.29, 1.82) is 0 Å². The maximum atomic E-state index is 14.3. The van der Waals surface area contributed by atoms with E-state index in [9.17, 15) is 27.6 Å². The molecule has 0 aromatic heterocycles. The number of alkyl halides is 3. The topological polar surface area (TPSA) is 88.2 Å². The molecule has 2 unspecified atom stereocenters. The van der Waals surface area contributed by atoms with E-state index in [1.807, 2.05) is 17.0 Å². The number of rotatable bonds is 9. The van der Waals surface area contributed by atoms with Crippen molar-refractivity contribution in [3.05, 3.63) is 95.1 Å². The number of anilines is 1. The van der Waals surface area contributed by atoms with Gasteiger partial charge in [0.25, 0.3) is 5.91 Å². The van der Waals surface area contributed by atoms with Crippen LogP contribution in [0.2, 0.25) is 0 Å². The Labute approximate surface area is 289 Å². The molecule has 3 aromatic carbocycles. The molecular formula is C39H42F3N3O5. The highest BCUT2D eigenvalue weighted by Crippen LogP contribution is 2.66. The van der Waals surface area contributed by atoms with Gasteiger partial charge in [-0.15, -0.1) is 0 Å². The molecular weight excluding hydrogens is 647 g/mol. The minimum Gasteiger partial charge on any atom is -0.484 e. The van der Waals surface area contributed by atoms with Crippen LogP contribution in [0.5, 0.6) is 5.75 Å². The van der Waals surface area contributed by atoms with Gasteiger partial charge in [-0.3, -0.25) is 14.5 Å². The van der Waals surface area contributed by atoms with Crippen molar-refractivity contribution in [2.45, 2.75) is 56.7 Å². The van der Waals surface area contributed by atoms with E-state index in [2.05, 4.69) is 22.3 Å². The average molecular weight is 690 g/mol. The van der Waals surface area contributed by atoms with Crippen LogP contribution in [-0.2, 0) is 32.5 Å². The Morgan fingerprint density at radius 3 is 2.20 bits per heavy atom. The zero-order valence-electron chi connectivity index (χ0n) is 28.1. The van der Waals surface area contributed by atoms with Gasteiger partial charge >= 0.3 is 12.1 Å². The van der Waals surface area contributed by atoms with Crippen molar-refractivity contribution in [3.8, 4) is 5.75 Å². The molecule has 2 atom stereocenters. The summed E-state index contributed by atoms with van der Waals surface area (Å²) < 4.78 is 49.5. The van der Waals surface area contributed by atoms with Gasteiger partial charge < -0.3 is 19.7 Å². The van der Waals surface area contributed by atoms with Crippen molar-refractivity contribution in [2.24, 2.45) is 17.3 Å². The van der Waals surface area contributed by atoms with Crippen LogP contribution < -0.4 is 10.1 Å². The van der Waals surface area contributed by atoms with Gasteiger partial charge in [-0.2, -0.15) is 13.2 Å². The Morgan fingerprint density at radius 2 is 1.56 bits per heavy atom. The summed E-state index contributed by atoms with van der Waals surface area (Å²) in [6, 6.07) is 19.9. The number of piperazine rings is 1. The number of amides is 2. The lowest BCUT2D eigenvalue weighted by Crippen LogP contribution is -2.61. The molecule has 0 spiro atoms. The zero-order chi connectivity index (χ0) is 35.1. The fourth-order valence-electron chi connectivity index (χ4n) is 9.44. The van der Waals surface area contributed by atoms with Crippen molar-refractivity contribution in [3.63, 3.8) is 0 Å². The van der Waals surface area contributed by atoms with E-state index in [-0.39, 0.29) is 29.3 Å². The van der Waals surface area contributed by atoms with Gasteiger partial charge in [0.05, 0.1) is 23.7 Å². The number of nitrogens with zero attached hydrogens (tertiary/aromatic N) is 2. The maximum absolute atomic E-state index is 14.3. The summed E-state index contributed by atoms with van der Waals surface area (Å²) in [4.78, 5) is 43.0. The molecule has 4 aliphatic carbocycles. The monoisotopic (exact) mass is 689 g/mol. The van der Waals surface area contributed by atoms with Gasteiger partial charge in [0.2, 0.25) is 5.91 Å². The molecule has 264 valence electrons. The van der Waals surface area contributed by atoms with Gasteiger partial charge in [-0.05, 0) is 109 Å². The first kappa shape index (κ1) is 34.1. The molecule has 4 bridgehead atoms. The van der Waals surface area contributed by atoms with E-state index >= 15 is 0 Å². The number of ether oxygens (including phenoxy) is 2. The largest absolute Gasteiger partial charge is 0.484 e. The second-order valence-corrected chi connectivity index (χ2v) is 14.7. The van der Waals surface area contributed by atoms with E-state index in [1.165, 1.54) is 19.1 Å². The number of hydrogen-bond acceptors (Lipinski definition) is 6. The molecule has 8 nitrogen and oxygen atoms in total. The standard InChI is InChI=1S/C39H42F3N3O5/c1-49-35(47)29-3-2-4-32(18-29)43-34(46)24-50-33-11-9-30(10-12-33)37-19-27-17-28(20-37)22-38(21-27,25-37)36(48)45-15-13-44(14-16-45)23-26-5-7-31(8-6-26)39(40,41)42/h2-12,18,27-28H,13-17,19-25H2,1H3,(H,43,46). The number of carbonyl (C=O) groups is 3. The first-order chi connectivity index (χ1) is 23.9. The second-order valence-electron chi connectivity index (χ2n) is 14.7. The summed E-state index contributed by atoms with van der Waals surface area (Å²) in [5, 5.41) is 2.75. The SMILES string of the molecule is COC(=O)c1cccc(NC(=O)COc2ccc(C34CC5CC(CC(C(=O)N6CCN(Cc7ccc(C(F)(F)F)cc7)CC6)(C5)C3)C4)cc2)c1. The molecule has 1 aliphatic heterocycles. The van der Waals surface area contributed by atoms with E-state index in [0.29, 0.717) is 61.6 Å². The third kappa shape index (κ3) is 6.97. The van der Waals surface area contributed by atoms with Crippen molar-refractivity contribution in [2.75, 3.05) is 45.2 Å². The van der Waals surface area contributed by atoms with Crippen molar-refractivity contribution < 1.29 is 37.0 Å². The highest BCUT2D eigenvalue weighted by atomic mass is 19.4. The first-order valence-electron chi connectivity index (χ1n) is 17.3. The van der Waals surface area contributed by atoms with E-state index < -0.39 is 17.7 Å². The zero-order valence-corrected chi connectivity index (χ0v) is 28.1. The van der Waals surface area contributed by atoms with Crippen LogP contribution in [0, 0.1) is 17.3 Å². The number of halogens is 3. The summed E-state index contributed by atoms with van der Waals surface area (Å²) >= 11 is 0. The molecule has 2 amide bonds. The van der Waals surface area contributed by atoms with Crippen molar-refractivity contribution >= 4 is 23.5 Å². The van der Waals surface area contributed by atoms with Gasteiger partial charge in [0, 0.05) is 38.4 Å². The summed E-state index contributed by atoms with van der Waals surface area (Å²) in [5.41, 5.74) is 1.80. The summed E-state index contributed by atoms with van der Waals surface area (Å²) in [6.07, 6.45) is 1.70. The molecule has 3 aromatic rings. The predicted molar refractivity (Wildman–Crippen MR) is 180 cm³/mol. The molecule has 1 heterocycles. The first-order valence-corrected chi connectivity index (χ1v) is 17.3. The van der Waals surface area contributed by atoms with E-state index in [0.717, 1.165) is 49.8 Å². The number of nitrogens with one attached hydrogen (secondary N) is 1. The van der Waals surface area contributed by atoms with E-state index in [4.69, 9.17) is 9.47 Å². The van der Waals surface area contributed by atoms with Crippen LogP contribution >= 0.6 is 0 Å². The minimum absolute atomic E-state index is 0.0648. The third-order valence-corrected chi connectivity index (χ3v) is 11.3. The number of carbonyl (C=O) groups excluding carboxylic acids is 3. The fourth-order valence-corrected chi connectivity index (χ4v) is 9.44. The lowest BCUT2D eigenvalue weighted by molar-refractivity contribution is -0.162. The van der Waals surface area contributed by atoms with Gasteiger partial charge in [-0.1, -0.05) is 30.3 Å². The van der Waals surface area contributed by atoms with Crippen LogP contribution in [0.3, 0.4) is 0 Å². The Kier molecular flexibility index (Phi) is 9.13. The molecule has 8 rings (SSSR count). The third-order valence-electron chi connectivity index (χ3n) is 11.3.